The van der Waals surface area contributed by atoms with E-state index in [1.54, 1.807) is 0 Å². The molecule has 6 heteroatoms. The van der Waals surface area contributed by atoms with Gasteiger partial charge in [-0.3, -0.25) is 9.59 Å². The van der Waals surface area contributed by atoms with Gasteiger partial charge in [0.1, 0.15) is 11.6 Å². The Hall–Kier alpha value is -1.98. The molecule has 0 saturated carbocycles. The van der Waals surface area contributed by atoms with E-state index in [4.69, 9.17) is 0 Å². The van der Waals surface area contributed by atoms with E-state index in [0.717, 1.165) is 25.0 Å². The third kappa shape index (κ3) is 5.13. The van der Waals surface area contributed by atoms with Gasteiger partial charge in [-0.1, -0.05) is 13.8 Å². The maximum Gasteiger partial charge on any atom is 0.254 e. The molecule has 2 amide bonds. The third-order valence-corrected chi connectivity index (χ3v) is 3.24. The van der Waals surface area contributed by atoms with Crippen LogP contribution in [0.2, 0.25) is 0 Å². The minimum Gasteiger partial charge on any atom is -0.354 e. The summed E-state index contributed by atoms with van der Waals surface area (Å²) in [5.74, 6) is -2.36. The molecular formula is C15H20F2N2O2. The molecule has 0 aliphatic rings. The standard InChI is InChI=1S/C15H20F2N2O2/c1-3-10(4-2)14(20)18-7-8-19-15(21)12-6-5-11(16)9-13(12)17/h5-6,9-10H,3-4,7-8H2,1-2H3,(H,18,20)(H,19,21). The summed E-state index contributed by atoms with van der Waals surface area (Å²) in [5, 5.41) is 5.18. The van der Waals surface area contributed by atoms with Crippen LogP contribution in [0.3, 0.4) is 0 Å². The molecule has 0 saturated heterocycles. The minimum absolute atomic E-state index is 0.0322. The van der Waals surface area contributed by atoms with E-state index in [1.807, 2.05) is 13.8 Å². The van der Waals surface area contributed by atoms with E-state index in [0.29, 0.717) is 6.07 Å². The highest BCUT2D eigenvalue weighted by Crippen LogP contribution is 2.09. The average molecular weight is 298 g/mol. The van der Waals surface area contributed by atoms with E-state index < -0.39 is 17.5 Å². The molecule has 0 fully saturated rings. The van der Waals surface area contributed by atoms with Gasteiger partial charge in [-0.15, -0.1) is 0 Å². The van der Waals surface area contributed by atoms with Crippen molar-refractivity contribution in [3.8, 4) is 0 Å². The predicted octanol–water partition coefficient (Wildman–Crippen LogP) is 2.25. The van der Waals surface area contributed by atoms with Crippen molar-refractivity contribution >= 4 is 11.8 Å². The van der Waals surface area contributed by atoms with Gasteiger partial charge in [0.15, 0.2) is 0 Å². The molecule has 1 rings (SSSR count). The summed E-state index contributed by atoms with van der Waals surface area (Å²) >= 11 is 0. The quantitative estimate of drug-likeness (QED) is 0.759. The van der Waals surface area contributed by atoms with Crippen LogP contribution in [0, 0.1) is 17.6 Å². The van der Waals surface area contributed by atoms with Crippen LogP contribution in [-0.4, -0.2) is 24.9 Å². The zero-order chi connectivity index (χ0) is 15.8. The average Bonchev–Trinajstić information content (AvgIpc) is 2.44. The molecular weight excluding hydrogens is 278 g/mol. The van der Waals surface area contributed by atoms with Gasteiger partial charge in [0.25, 0.3) is 5.91 Å². The molecule has 0 radical (unpaired) electrons. The van der Waals surface area contributed by atoms with Crippen LogP contribution in [0.5, 0.6) is 0 Å². The van der Waals surface area contributed by atoms with Crippen LogP contribution in [-0.2, 0) is 4.79 Å². The monoisotopic (exact) mass is 298 g/mol. The number of halogens is 2. The van der Waals surface area contributed by atoms with Crippen LogP contribution >= 0.6 is 0 Å². The fourth-order valence-electron chi connectivity index (χ4n) is 1.93. The Labute approximate surface area is 122 Å². The molecule has 0 aliphatic heterocycles. The second-order valence-electron chi connectivity index (χ2n) is 4.68. The fourth-order valence-corrected chi connectivity index (χ4v) is 1.93. The number of rotatable bonds is 7. The van der Waals surface area contributed by atoms with Crippen molar-refractivity contribution in [2.45, 2.75) is 26.7 Å². The summed E-state index contributed by atoms with van der Waals surface area (Å²) in [7, 11) is 0. The number of hydrogen-bond acceptors (Lipinski definition) is 2. The normalized spacial score (nSPS) is 10.5. The van der Waals surface area contributed by atoms with Crippen LogP contribution in [0.25, 0.3) is 0 Å². The van der Waals surface area contributed by atoms with Gasteiger partial charge in [-0.05, 0) is 25.0 Å². The van der Waals surface area contributed by atoms with Crippen LogP contribution in [0.1, 0.15) is 37.0 Å². The zero-order valence-electron chi connectivity index (χ0n) is 12.2. The molecule has 0 aliphatic carbocycles. The van der Waals surface area contributed by atoms with Gasteiger partial charge in [0.05, 0.1) is 5.56 Å². The highest BCUT2D eigenvalue weighted by atomic mass is 19.1. The lowest BCUT2D eigenvalue weighted by molar-refractivity contribution is -0.125. The van der Waals surface area contributed by atoms with Crippen LogP contribution in [0.4, 0.5) is 8.78 Å². The molecule has 0 spiro atoms. The summed E-state index contributed by atoms with van der Waals surface area (Å²) in [6.07, 6.45) is 1.52. The first-order chi connectivity index (χ1) is 9.99. The highest BCUT2D eigenvalue weighted by Gasteiger charge is 2.14. The lowest BCUT2D eigenvalue weighted by atomic mass is 10.0. The number of hydrogen-bond donors (Lipinski definition) is 2. The Morgan fingerprint density at radius 3 is 2.29 bits per heavy atom. The third-order valence-electron chi connectivity index (χ3n) is 3.24. The Morgan fingerprint density at radius 2 is 1.71 bits per heavy atom. The number of nitrogens with one attached hydrogen (secondary N) is 2. The summed E-state index contributed by atoms with van der Waals surface area (Å²) in [4.78, 5) is 23.4. The van der Waals surface area contributed by atoms with Gasteiger partial charge in [0, 0.05) is 25.1 Å². The molecule has 0 heterocycles. The second-order valence-corrected chi connectivity index (χ2v) is 4.68. The van der Waals surface area contributed by atoms with E-state index in [1.165, 1.54) is 0 Å². The topological polar surface area (TPSA) is 58.2 Å². The first-order valence-electron chi connectivity index (χ1n) is 7.00. The Morgan fingerprint density at radius 1 is 1.10 bits per heavy atom. The maximum atomic E-state index is 13.4. The Kier molecular flexibility index (Phi) is 6.78. The van der Waals surface area contributed by atoms with Crippen molar-refractivity contribution in [1.29, 1.82) is 0 Å². The molecule has 0 bridgehead atoms. The highest BCUT2D eigenvalue weighted by molar-refractivity contribution is 5.94. The summed E-state index contributed by atoms with van der Waals surface area (Å²) in [6.45, 7) is 4.32. The van der Waals surface area contributed by atoms with Crippen molar-refractivity contribution < 1.29 is 18.4 Å². The largest absolute Gasteiger partial charge is 0.354 e. The van der Waals surface area contributed by atoms with Crippen molar-refractivity contribution in [3.63, 3.8) is 0 Å². The zero-order valence-corrected chi connectivity index (χ0v) is 12.2. The SMILES string of the molecule is CCC(CC)C(=O)NCCNC(=O)c1ccc(F)cc1F. The van der Waals surface area contributed by atoms with Crippen molar-refractivity contribution in [2.75, 3.05) is 13.1 Å². The molecule has 4 nitrogen and oxygen atoms in total. The summed E-state index contributed by atoms with van der Waals surface area (Å²) in [5.41, 5.74) is -0.220. The van der Waals surface area contributed by atoms with Crippen LogP contribution < -0.4 is 10.6 Å². The lowest BCUT2D eigenvalue weighted by Gasteiger charge is -2.13. The van der Waals surface area contributed by atoms with Gasteiger partial charge in [0.2, 0.25) is 5.91 Å². The smallest absolute Gasteiger partial charge is 0.254 e. The van der Waals surface area contributed by atoms with Crippen molar-refractivity contribution in [2.24, 2.45) is 5.92 Å². The number of carbonyl (C=O) groups is 2. The molecule has 2 N–H and O–H groups in total. The Balaban J connectivity index is 2.39. The number of benzene rings is 1. The second kappa shape index (κ2) is 8.34. The summed E-state index contributed by atoms with van der Waals surface area (Å²) < 4.78 is 26.1. The lowest BCUT2D eigenvalue weighted by Crippen LogP contribution is -2.37. The van der Waals surface area contributed by atoms with E-state index in [-0.39, 0.29) is 30.5 Å². The van der Waals surface area contributed by atoms with Gasteiger partial charge < -0.3 is 10.6 Å². The number of amides is 2. The molecule has 116 valence electrons. The van der Waals surface area contributed by atoms with Crippen LogP contribution in [0.15, 0.2) is 18.2 Å². The predicted molar refractivity (Wildman–Crippen MR) is 75.8 cm³/mol. The summed E-state index contributed by atoms with van der Waals surface area (Å²) in [6, 6.07) is 2.76. The molecule has 1 aromatic rings. The van der Waals surface area contributed by atoms with Gasteiger partial charge in [-0.25, -0.2) is 8.78 Å². The molecule has 1 aromatic carbocycles. The minimum atomic E-state index is -0.909. The first-order valence-corrected chi connectivity index (χ1v) is 7.00. The van der Waals surface area contributed by atoms with E-state index >= 15 is 0 Å². The van der Waals surface area contributed by atoms with Crippen molar-refractivity contribution in [1.82, 2.24) is 10.6 Å². The maximum absolute atomic E-state index is 13.4. The number of carbonyl (C=O) groups excluding carboxylic acids is 2. The van der Waals surface area contributed by atoms with Gasteiger partial charge >= 0.3 is 0 Å². The molecule has 0 atom stereocenters. The van der Waals surface area contributed by atoms with E-state index in [9.17, 15) is 18.4 Å². The molecule has 21 heavy (non-hydrogen) atoms. The first kappa shape index (κ1) is 17.1. The van der Waals surface area contributed by atoms with Gasteiger partial charge in [-0.2, -0.15) is 0 Å². The fraction of sp³-hybridized carbons (Fsp3) is 0.467. The molecule has 0 aromatic heterocycles. The Bertz CT molecular complexity index is 502. The molecule has 0 unspecified atom stereocenters. The van der Waals surface area contributed by atoms with E-state index in [2.05, 4.69) is 10.6 Å². The van der Waals surface area contributed by atoms with Crippen molar-refractivity contribution in [3.05, 3.63) is 35.4 Å².